The highest BCUT2D eigenvalue weighted by atomic mass is 32.1. The van der Waals surface area contributed by atoms with Crippen LogP contribution in [-0.2, 0) is 0 Å². The summed E-state index contributed by atoms with van der Waals surface area (Å²) in [6.45, 7) is 2.03. The van der Waals surface area contributed by atoms with Crippen LogP contribution in [0.5, 0.6) is 0 Å². The van der Waals surface area contributed by atoms with Crippen LogP contribution in [0.25, 0.3) is 16.3 Å². The fourth-order valence-electron chi connectivity index (χ4n) is 1.86. The first-order chi connectivity index (χ1) is 8.77. The maximum atomic E-state index is 6.14. The number of aryl methyl sites for hydroxylation is 1. The molecular weight excluding hydrogens is 244 g/mol. The highest BCUT2D eigenvalue weighted by Gasteiger charge is 2.14. The van der Waals surface area contributed by atoms with E-state index < -0.39 is 0 Å². The Kier molecular flexibility index (Phi) is 2.60. The number of hydrogen-bond donors (Lipinski definition) is 1. The smallest absolute Gasteiger partial charge is 0.156 e. The Morgan fingerprint density at radius 1 is 1.17 bits per heavy atom. The molecule has 1 aromatic carbocycles. The molecule has 0 amide bonds. The minimum Gasteiger partial charge on any atom is -0.382 e. The molecule has 0 fully saturated rings. The molecule has 0 radical (unpaired) electrons. The van der Waals surface area contributed by atoms with Crippen molar-refractivity contribution >= 4 is 17.2 Å². The van der Waals surface area contributed by atoms with Gasteiger partial charge in [0.1, 0.15) is 5.69 Å². The van der Waals surface area contributed by atoms with Crippen LogP contribution in [0.15, 0.2) is 41.8 Å². The van der Waals surface area contributed by atoms with Crippen LogP contribution in [0.3, 0.4) is 0 Å². The molecule has 2 heterocycles. The molecule has 5 heteroatoms. The lowest BCUT2D eigenvalue weighted by molar-refractivity contribution is 0.806. The monoisotopic (exact) mass is 256 g/mol. The van der Waals surface area contributed by atoms with E-state index in [9.17, 15) is 0 Å². The van der Waals surface area contributed by atoms with E-state index in [0.29, 0.717) is 5.82 Å². The third kappa shape index (κ3) is 1.69. The van der Waals surface area contributed by atoms with Crippen molar-refractivity contribution in [3.05, 3.63) is 47.3 Å². The summed E-state index contributed by atoms with van der Waals surface area (Å²) >= 11 is 1.61. The maximum Gasteiger partial charge on any atom is 0.156 e. The van der Waals surface area contributed by atoms with Gasteiger partial charge in [-0.05, 0) is 30.0 Å². The van der Waals surface area contributed by atoms with Gasteiger partial charge in [-0.1, -0.05) is 29.5 Å². The zero-order chi connectivity index (χ0) is 12.5. The molecule has 0 atom stereocenters. The molecule has 0 saturated heterocycles. The van der Waals surface area contributed by atoms with Gasteiger partial charge in [0.2, 0.25) is 0 Å². The standard InChI is InChI=1S/C13H12N4S/c1-9-5-2-3-6-10(9)17-13(14)12(15-16-17)11-7-4-8-18-11/h2-8H,14H2,1H3. The fraction of sp³-hybridized carbons (Fsp3) is 0.0769. The molecule has 2 N–H and O–H groups in total. The van der Waals surface area contributed by atoms with Crippen molar-refractivity contribution in [2.45, 2.75) is 6.92 Å². The van der Waals surface area contributed by atoms with E-state index in [1.54, 1.807) is 16.0 Å². The first kappa shape index (κ1) is 11.0. The van der Waals surface area contributed by atoms with Crippen LogP contribution in [0.2, 0.25) is 0 Å². The highest BCUT2D eigenvalue weighted by Crippen LogP contribution is 2.29. The number of benzene rings is 1. The van der Waals surface area contributed by atoms with Crippen molar-refractivity contribution < 1.29 is 0 Å². The van der Waals surface area contributed by atoms with Crippen LogP contribution < -0.4 is 5.73 Å². The first-order valence-corrected chi connectivity index (χ1v) is 6.46. The number of para-hydroxylation sites is 1. The van der Waals surface area contributed by atoms with E-state index in [1.165, 1.54) is 0 Å². The molecule has 0 aliphatic heterocycles. The van der Waals surface area contributed by atoms with Gasteiger partial charge in [-0.15, -0.1) is 16.4 Å². The second-order valence-corrected chi connectivity index (χ2v) is 4.95. The van der Waals surface area contributed by atoms with E-state index >= 15 is 0 Å². The second kappa shape index (κ2) is 4.27. The zero-order valence-corrected chi connectivity index (χ0v) is 10.7. The largest absolute Gasteiger partial charge is 0.382 e. The average Bonchev–Trinajstić information content (AvgIpc) is 2.99. The average molecular weight is 256 g/mol. The molecule has 0 spiro atoms. The van der Waals surface area contributed by atoms with Crippen molar-refractivity contribution in [2.24, 2.45) is 0 Å². The second-order valence-electron chi connectivity index (χ2n) is 4.00. The molecule has 90 valence electrons. The normalized spacial score (nSPS) is 10.7. The molecule has 0 bridgehead atoms. The van der Waals surface area contributed by atoms with Gasteiger partial charge in [0, 0.05) is 0 Å². The number of aromatic nitrogens is 3. The summed E-state index contributed by atoms with van der Waals surface area (Å²) in [6.07, 6.45) is 0. The Bertz CT molecular complexity index is 670. The van der Waals surface area contributed by atoms with E-state index in [0.717, 1.165) is 21.8 Å². The number of thiophene rings is 1. The summed E-state index contributed by atoms with van der Waals surface area (Å²) in [4.78, 5) is 1.03. The Morgan fingerprint density at radius 2 is 2.00 bits per heavy atom. The van der Waals surface area contributed by atoms with Crippen LogP contribution in [0.4, 0.5) is 5.82 Å². The number of nitrogens with two attached hydrogens (primary N) is 1. The maximum absolute atomic E-state index is 6.14. The Morgan fingerprint density at radius 3 is 2.72 bits per heavy atom. The van der Waals surface area contributed by atoms with Gasteiger partial charge < -0.3 is 5.73 Å². The topological polar surface area (TPSA) is 56.7 Å². The zero-order valence-electron chi connectivity index (χ0n) is 9.87. The Labute approximate surface area is 109 Å². The summed E-state index contributed by atoms with van der Waals surface area (Å²) < 4.78 is 1.68. The summed E-state index contributed by atoms with van der Waals surface area (Å²) in [5, 5.41) is 10.3. The Hall–Kier alpha value is -2.14. The predicted octanol–water partition coefficient (Wildman–Crippen LogP) is 2.89. The summed E-state index contributed by atoms with van der Waals surface area (Å²) in [5.41, 5.74) is 8.96. The summed E-state index contributed by atoms with van der Waals surface area (Å²) in [5.74, 6) is 0.576. The van der Waals surface area contributed by atoms with Crippen LogP contribution >= 0.6 is 11.3 Å². The summed E-state index contributed by atoms with van der Waals surface area (Å²) in [6, 6.07) is 11.9. The molecule has 18 heavy (non-hydrogen) atoms. The van der Waals surface area contributed by atoms with Crippen LogP contribution in [-0.4, -0.2) is 15.0 Å². The molecule has 3 aromatic rings. The third-order valence-corrected chi connectivity index (χ3v) is 3.68. The number of hydrogen-bond acceptors (Lipinski definition) is 4. The van der Waals surface area contributed by atoms with Crippen molar-refractivity contribution in [1.82, 2.24) is 15.0 Å². The molecular formula is C13H12N4S. The van der Waals surface area contributed by atoms with Crippen molar-refractivity contribution in [1.29, 1.82) is 0 Å². The van der Waals surface area contributed by atoms with Crippen molar-refractivity contribution in [3.8, 4) is 16.3 Å². The number of nitrogens with zero attached hydrogens (tertiary/aromatic N) is 3. The van der Waals surface area contributed by atoms with Crippen LogP contribution in [0, 0.1) is 6.92 Å². The summed E-state index contributed by atoms with van der Waals surface area (Å²) in [7, 11) is 0. The van der Waals surface area contributed by atoms with E-state index in [2.05, 4.69) is 10.3 Å². The molecule has 4 nitrogen and oxygen atoms in total. The Balaban J connectivity index is 2.14. The molecule has 0 aliphatic rings. The minimum absolute atomic E-state index is 0.576. The van der Waals surface area contributed by atoms with Crippen LogP contribution in [0.1, 0.15) is 5.56 Å². The van der Waals surface area contributed by atoms with Crippen molar-refractivity contribution in [2.75, 3.05) is 5.73 Å². The number of nitrogen functional groups attached to an aromatic ring is 1. The van der Waals surface area contributed by atoms with Gasteiger partial charge in [0.25, 0.3) is 0 Å². The van der Waals surface area contributed by atoms with Gasteiger partial charge in [0.05, 0.1) is 10.6 Å². The molecule has 0 aliphatic carbocycles. The van der Waals surface area contributed by atoms with Gasteiger partial charge in [0.15, 0.2) is 5.82 Å². The van der Waals surface area contributed by atoms with E-state index in [4.69, 9.17) is 5.73 Å². The lowest BCUT2D eigenvalue weighted by Crippen LogP contribution is -2.03. The fourth-order valence-corrected chi connectivity index (χ4v) is 2.57. The molecule has 3 rings (SSSR count). The minimum atomic E-state index is 0.576. The van der Waals surface area contributed by atoms with E-state index in [1.807, 2.05) is 48.7 Å². The molecule has 2 aromatic heterocycles. The highest BCUT2D eigenvalue weighted by molar-refractivity contribution is 7.13. The quantitative estimate of drug-likeness (QED) is 0.767. The SMILES string of the molecule is Cc1ccccc1-n1nnc(-c2cccs2)c1N. The van der Waals surface area contributed by atoms with Gasteiger partial charge >= 0.3 is 0 Å². The van der Waals surface area contributed by atoms with Crippen molar-refractivity contribution in [3.63, 3.8) is 0 Å². The third-order valence-electron chi connectivity index (χ3n) is 2.80. The number of anilines is 1. The molecule has 0 unspecified atom stereocenters. The lowest BCUT2D eigenvalue weighted by Gasteiger charge is -2.06. The van der Waals surface area contributed by atoms with Gasteiger partial charge in [-0.3, -0.25) is 0 Å². The number of rotatable bonds is 2. The lowest BCUT2D eigenvalue weighted by atomic mass is 10.2. The molecule has 0 saturated carbocycles. The van der Waals surface area contributed by atoms with Gasteiger partial charge in [-0.25, -0.2) is 0 Å². The first-order valence-electron chi connectivity index (χ1n) is 5.58. The van der Waals surface area contributed by atoms with Gasteiger partial charge in [-0.2, -0.15) is 4.68 Å². The predicted molar refractivity (Wildman–Crippen MR) is 73.8 cm³/mol. The van der Waals surface area contributed by atoms with E-state index in [-0.39, 0.29) is 0 Å².